The number of anilines is 1. The molecular formula is C14H21N3O2. The van der Waals surface area contributed by atoms with Crippen LogP contribution in [0.1, 0.15) is 23.2 Å². The van der Waals surface area contributed by atoms with E-state index in [-0.39, 0.29) is 5.91 Å². The van der Waals surface area contributed by atoms with E-state index < -0.39 is 0 Å². The standard InChI is InChI=1S/C14H21N3O2/c1-19-12-6-4-5-11(13(12)15)14(18)16-7-10-17-8-2-3-9-17/h4-6H,2-3,7-10,15H2,1H3,(H,16,18). The average molecular weight is 263 g/mol. The van der Waals surface area contributed by atoms with Crippen molar-refractivity contribution >= 4 is 11.6 Å². The van der Waals surface area contributed by atoms with Crippen LogP contribution in [-0.2, 0) is 0 Å². The highest BCUT2D eigenvalue weighted by Crippen LogP contribution is 2.24. The van der Waals surface area contributed by atoms with Crippen molar-refractivity contribution in [3.05, 3.63) is 23.8 Å². The van der Waals surface area contributed by atoms with Crippen LogP contribution in [0.3, 0.4) is 0 Å². The maximum atomic E-state index is 12.0. The number of nitrogens with zero attached hydrogens (tertiary/aromatic N) is 1. The Morgan fingerprint density at radius 2 is 2.16 bits per heavy atom. The molecule has 19 heavy (non-hydrogen) atoms. The molecule has 1 aliphatic heterocycles. The summed E-state index contributed by atoms with van der Waals surface area (Å²) in [6.45, 7) is 3.82. The van der Waals surface area contributed by atoms with Crippen LogP contribution in [0, 0.1) is 0 Å². The summed E-state index contributed by atoms with van der Waals surface area (Å²) in [5, 5.41) is 2.90. The van der Waals surface area contributed by atoms with Crippen LogP contribution in [0.25, 0.3) is 0 Å². The lowest BCUT2D eigenvalue weighted by Gasteiger charge is -2.15. The minimum Gasteiger partial charge on any atom is -0.495 e. The number of nitrogen functional groups attached to an aromatic ring is 1. The first-order valence-corrected chi connectivity index (χ1v) is 6.65. The van der Waals surface area contributed by atoms with Gasteiger partial charge in [0, 0.05) is 13.1 Å². The summed E-state index contributed by atoms with van der Waals surface area (Å²) in [5.41, 5.74) is 6.76. The van der Waals surface area contributed by atoms with Gasteiger partial charge in [0.2, 0.25) is 0 Å². The number of hydrogen-bond acceptors (Lipinski definition) is 4. The number of nitrogens with two attached hydrogens (primary N) is 1. The van der Waals surface area contributed by atoms with Crippen LogP contribution in [-0.4, -0.2) is 44.1 Å². The highest BCUT2D eigenvalue weighted by atomic mass is 16.5. The zero-order valence-electron chi connectivity index (χ0n) is 11.3. The second kappa shape index (κ2) is 6.43. The monoisotopic (exact) mass is 263 g/mol. The van der Waals surface area contributed by atoms with Gasteiger partial charge in [-0.15, -0.1) is 0 Å². The van der Waals surface area contributed by atoms with Gasteiger partial charge in [-0.05, 0) is 38.1 Å². The van der Waals surface area contributed by atoms with Crippen LogP contribution in [0.4, 0.5) is 5.69 Å². The molecule has 1 aromatic rings. The Labute approximate surface area is 113 Å². The summed E-state index contributed by atoms with van der Waals surface area (Å²) in [4.78, 5) is 14.4. The minimum atomic E-state index is -0.143. The lowest BCUT2D eigenvalue weighted by atomic mass is 10.1. The Kier molecular flexibility index (Phi) is 4.63. The highest BCUT2D eigenvalue weighted by Gasteiger charge is 2.14. The SMILES string of the molecule is COc1cccc(C(=O)NCCN2CCCC2)c1N. The van der Waals surface area contributed by atoms with Crippen molar-refractivity contribution < 1.29 is 9.53 Å². The van der Waals surface area contributed by atoms with Crippen molar-refractivity contribution in [3.63, 3.8) is 0 Å². The second-order valence-corrected chi connectivity index (χ2v) is 4.73. The van der Waals surface area contributed by atoms with Gasteiger partial charge in [0.1, 0.15) is 5.75 Å². The summed E-state index contributed by atoms with van der Waals surface area (Å²) >= 11 is 0. The number of carbonyl (C=O) groups is 1. The van der Waals surface area contributed by atoms with Gasteiger partial charge in [-0.25, -0.2) is 0 Å². The zero-order valence-corrected chi connectivity index (χ0v) is 11.3. The quantitative estimate of drug-likeness (QED) is 0.781. The topological polar surface area (TPSA) is 67.6 Å². The fourth-order valence-electron chi connectivity index (χ4n) is 2.35. The Hall–Kier alpha value is -1.75. The minimum absolute atomic E-state index is 0.143. The molecule has 2 rings (SSSR count). The molecule has 1 amide bonds. The van der Waals surface area contributed by atoms with Crippen molar-refractivity contribution in [1.29, 1.82) is 0 Å². The Bertz CT molecular complexity index is 442. The van der Waals surface area contributed by atoms with E-state index in [0.717, 1.165) is 19.6 Å². The van der Waals surface area contributed by atoms with Gasteiger partial charge < -0.3 is 20.7 Å². The van der Waals surface area contributed by atoms with Crippen LogP contribution in [0.5, 0.6) is 5.75 Å². The number of hydrogen-bond donors (Lipinski definition) is 2. The largest absolute Gasteiger partial charge is 0.495 e. The van der Waals surface area contributed by atoms with Gasteiger partial charge in [-0.1, -0.05) is 6.07 Å². The summed E-state index contributed by atoms with van der Waals surface area (Å²) in [6, 6.07) is 5.23. The van der Waals surface area contributed by atoms with Gasteiger partial charge in [0.15, 0.2) is 0 Å². The second-order valence-electron chi connectivity index (χ2n) is 4.73. The first kappa shape index (κ1) is 13.7. The third kappa shape index (κ3) is 3.38. The zero-order chi connectivity index (χ0) is 13.7. The molecule has 0 saturated carbocycles. The molecule has 5 heteroatoms. The normalized spacial score (nSPS) is 15.4. The number of para-hydroxylation sites is 1. The van der Waals surface area contributed by atoms with Gasteiger partial charge in [-0.2, -0.15) is 0 Å². The third-order valence-electron chi connectivity index (χ3n) is 3.44. The van der Waals surface area contributed by atoms with E-state index in [1.165, 1.54) is 12.8 Å². The van der Waals surface area contributed by atoms with Crippen LogP contribution in [0.15, 0.2) is 18.2 Å². The summed E-state index contributed by atoms with van der Waals surface area (Å²) in [6.07, 6.45) is 2.52. The number of methoxy groups -OCH3 is 1. The number of benzene rings is 1. The summed E-state index contributed by atoms with van der Waals surface area (Å²) < 4.78 is 5.11. The lowest BCUT2D eigenvalue weighted by Crippen LogP contribution is -2.33. The molecule has 104 valence electrons. The predicted molar refractivity (Wildman–Crippen MR) is 75.4 cm³/mol. The molecular weight excluding hydrogens is 242 g/mol. The van der Waals surface area contributed by atoms with Gasteiger partial charge in [0.25, 0.3) is 5.91 Å². The molecule has 1 fully saturated rings. The van der Waals surface area contributed by atoms with E-state index in [9.17, 15) is 4.79 Å². The smallest absolute Gasteiger partial charge is 0.253 e. The molecule has 1 saturated heterocycles. The molecule has 1 heterocycles. The average Bonchev–Trinajstić information content (AvgIpc) is 2.92. The van der Waals surface area contributed by atoms with Crippen molar-refractivity contribution in [2.75, 3.05) is 39.0 Å². The van der Waals surface area contributed by atoms with Crippen LogP contribution in [0.2, 0.25) is 0 Å². The van der Waals surface area contributed by atoms with E-state index in [4.69, 9.17) is 10.5 Å². The molecule has 0 spiro atoms. The summed E-state index contributed by atoms with van der Waals surface area (Å²) in [5.74, 6) is 0.391. The van der Waals surface area contributed by atoms with E-state index in [0.29, 0.717) is 23.5 Å². The van der Waals surface area contributed by atoms with Crippen molar-refractivity contribution in [3.8, 4) is 5.75 Å². The Morgan fingerprint density at radius 1 is 1.42 bits per heavy atom. The molecule has 3 N–H and O–H groups in total. The Morgan fingerprint density at radius 3 is 2.84 bits per heavy atom. The number of ether oxygens (including phenoxy) is 1. The molecule has 0 unspecified atom stereocenters. The number of amides is 1. The number of likely N-dealkylation sites (tertiary alicyclic amines) is 1. The molecule has 0 aromatic heterocycles. The molecule has 0 radical (unpaired) electrons. The highest BCUT2D eigenvalue weighted by molar-refractivity contribution is 6.00. The van der Waals surface area contributed by atoms with E-state index in [1.54, 1.807) is 25.3 Å². The van der Waals surface area contributed by atoms with Gasteiger partial charge in [-0.3, -0.25) is 4.79 Å². The fourth-order valence-corrected chi connectivity index (χ4v) is 2.35. The lowest BCUT2D eigenvalue weighted by molar-refractivity contribution is 0.0950. The third-order valence-corrected chi connectivity index (χ3v) is 3.44. The van der Waals surface area contributed by atoms with Crippen molar-refractivity contribution in [1.82, 2.24) is 10.2 Å². The first-order chi connectivity index (χ1) is 9.22. The number of nitrogens with one attached hydrogen (secondary N) is 1. The van der Waals surface area contributed by atoms with Gasteiger partial charge in [0.05, 0.1) is 18.4 Å². The molecule has 5 nitrogen and oxygen atoms in total. The number of rotatable bonds is 5. The molecule has 0 atom stereocenters. The van der Waals surface area contributed by atoms with Crippen LogP contribution < -0.4 is 15.8 Å². The molecule has 0 bridgehead atoms. The van der Waals surface area contributed by atoms with E-state index >= 15 is 0 Å². The van der Waals surface area contributed by atoms with Crippen molar-refractivity contribution in [2.45, 2.75) is 12.8 Å². The first-order valence-electron chi connectivity index (χ1n) is 6.65. The van der Waals surface area contributed by atoms with E-state index in [1.807, 2.05) is 0 Å². The maximum Gasteiger partial charge on any atom is 0.253 e. The van der Waals surface area contributed by atoms with Crippen molar-refractivity contribution in [2.24, 2.45) is 0 Å². The molecule has 1 aliphatic rings. The predicted octanol–water partition coefficient (Wildman–Crippen LogP) is 1.10. The Balaban J connectivity index is 1.88. The van der Waals surface area contributed by atoms with Gasteiger partial charge >= 0.3 is 0 Å². The van der Waals surface area contributed by atoms with Crippen LogP contribution >= 0.6 is 0 Å². The molecule has 0 aliphatic carbocycles. The molecule has 1 aromatic carbocycles. The fraction of sp³-hybridized carbons (Fsp3) is 0.500. The van der Waals surface area contributed by atoms with E-state index in [2.05, 4.69) is 10.2 Å². The maximum absolute atomic E-state index is 12.0. The number of carbonyl (C=O) groups excluding carboxylic acids is 1. The summed E-state index contributed by atoms with van der Waals surface area (Å²) in [7, 11) is 1.54.